The summed E-state index contributed by atoms with van der Waals surface area (Å²) in [6, 6.07) is 6.89. The second kappa shape index (κ2) is 12.1. The summed E-state index contributed by atoms with van der Waals surface area (Å²) in [5.41, 5.74) is 1.08. The number of nitrogens with zero attached hydrogens (tertiary/aromatic N) is 2. The van der Waals surface area contributed by atoms with Crippen molar-refractivity contribution in [3.05, 3.63) is 35.6 Å². The number of guanidine groups is 1. The lowest BCUT2D eigenvalue weighted by Crippen LogP contribution is -2.42. The Labute approximate surface area is 173 Å². The average Bonchev–Trinajstić information content (AvgIpc) is 3.57. The van der Waals surface area contributed by atoms with Crippen molar-refractivity contribution in [2.75, 3.05) is 59.2 Å². The number of halogens is 1. The van der Waals surface area contributed by atoms with Crippen molar-refractivity contribution in [3.8, 4) is 0 Å². The fraction of sp³-hybridized carbons (Fsp3) is 0.682. The Bertz CT molecular complexity index is 616. The van der Waals surface area contributed by atoms with Gasteiger partial charge in [-0.1, -0.05) is 12.1 Å². The minimum Gasteiger partial charge on any atom is -0.381 e. The molecule has 0 spiro atoms. The standard InChI is InChI=1S/C22H35FN4O2/c1-2-24-22(25-10-3-13-29-17-18-4-5-18)26-16-21(27-11-14-28-15-12-27)19-6-8-20(23)9-7-19/h6-9,18,21H,2-5,10-17H2,1H3,(H2,24,25,26). The van der Waals surface area contributed by atoms with Gasteiger partial charge in [-0.2, -0.15) is 0 Å². The molecule has 7 heteroatoms. The molecule has 1 saturated heterocycles. The van der Waals surface area contributed by atoms with E-state index >= 15 is 0 Å². The summed E-state index contributed by atoms with van der Waals surface area (Å²) in [7, 11) is 0. The molecule has 29 heavy (non-hydrogen) atoms. The first kappa shape index (κ1) is 22.0. The highest BCUT2D eigenvalue weighted by Gasteiger charge is 2.23. The zero-order valence-corrected chi connectivity index (χ0v) is 17.5. The van der Waals surface area contributed by atoms with E-state index in [1.807, 2.05) is 12.1 Å². The van der Waals surface area contributed by atoms with Gasteiger partial charge in [-0.25, -0.2) is 4.39 Å². The van der Waals surface area contributed by atoms with Crippen LogP contribution in [0.5, 0.6) is 0 Å². The SMILES string of the molecule is CCNC(=NCC(c1ccc(F)cc1)N1CCOCC1)NCCCOCC1CC1. The third kappa shape index (κ3) is 7.91. The molecule has 1 aliphatic heterocycles. The van der Waals surface area contributed by atoms with Gasteiger partial charge in [0.1, 0.15) is 5.82 Å². The van der Waals surface area contributed by atoms with Crippen molar-refractivity contribution >= 4 is 5.96 Å². The molecule has 162 valence electrons. The lowest BCUT2D eigenvalue weighted by atomic mass is 10.0. The topological polar surface area (TPSA) is 58.1 Å². The van der Waals surface area contributed by atoms with Crippen molar-refractivity contribution in [2.45, 2.75) is 32.2 Å². The third-order valence-electron chi connectivity index (χ3n) is 5.32. The van der Waals surface area contributed by atoms with Crippen molar-refractivity contribution in [1.29, 1.82) is 0 Å². The maximum Gasteiger partial charge on any atom is 0.191 e. The van der Waals surface area contributed by atoms with Crippen LogP contribution in [0.25, 0.3) is 0 Å². The molecule has 1 aliphatic carbocycles. The highest BCUT2D eigenvalue weighted by Crippen LogP contribution is 2.28. The van der Waals surface area contributed by atoms with E-state index in [1.54, 1.807) is 0 Å². The Balaban J connectivity index is 1.53. The van der Waals surface area contributed by atoms with Gasteiger partial charge in [-0.15, -0.1) is 0 Å². The minimum absolute atomic E-state index is 0.108. The van der Waals surface area contributed by atoms with E-state index < -0.39 is 0 Å². The molecule has 0 radical (unpaired) electrons. The van der Waals surface area contributed by atoms with Crippen molar-refractivity contribution in [3.63, 3.8) is 0 Å². The molecule has 2 aliphatic rings. The van der Waals surface area contributed by atoms with E-state index in [9.17, 15) is 4.39 Å². The first-order chi connectivity index (χ1) is 14.3. The Morgan fingerprint density at radius 3 is 2.69 bits per heavy atom. The molecule has 2 N–H and O–H groups in total. The number of ether oxygens (including phenoxy) is 2. The van der Waals surface area contributed by atoms with Gasteiger partial charge in [0.05, 0.1) is 25.8 Å². The first-order valence-corrected chi connectivity index (χ1v) is 10.9. The van der Waals surface area contributed by atoms with E-state index in [4.69, 9.17) is 14.5 Å². The second-order valence-corrected chi connectivity index (χ2v) is 7.73. The smallest absolute Gasteiger partial charge is 0.191 e. The summed E-state index contributed by atoms with van der Waals surface area (Å²) in [5, 5.41) is 6.71. The summed E-state index contributed by atoms with van der Waals surface area (Å²) in [6.45, 7) is 9.18. The lowest BCUT2D eigenvalue weighted by molar-refractivity contribution is 0.0179. The molecular formula is C22H35FN4O2. The molecule has 6 nitrogen and oxygen atoms in total. The van der Waals surface area contributed by atoms with Crippen LogP contribution in [0.4, 0.5) is 4.39 Å². The fourth-order valence-electron chi connectivity index (χ4n) is 3.44. The third-order valence-corrected chi connectivity index (χ3v) is 5.32. The first-order valence-electron chi connectivity index (χ1n) is 10.9. The van der Waals surface area contributed by atoms with Crippen molar-refractivity contribution in [1.82, 2.24) is 15.5 Å². The van der Waals surface area contributed by atoms with E-state index in [-0.39, 0.29) is 11.9 Å². The minimum atomic E-state index is -0.211. The molecule has 1 aromatic rings. The van der Waals surface area contributed by atoms with Crippen molar-refractivity contribution < 1.29 is 13.9 Å². The molecule has 1 saturated carbocycles. The molecule has 0 amide bonds. The van der Waals surface area contributed by atoms with Gasteiger partial charge < -0.3 is 20.1 Å². The predicted molar refractivity (Wildman–Crippen MR) is 114 cm³/mol. The quantitative estimate of drug-likeness (QED) is 0.336. The highest BCUT2D eigenvalue weighted by atomic mass is 19.1. The van der Waals surface area contributed by atoms with Crippen LogP contribution >= 0.6 is 0 Å². The Hall–Kier alpha value is -1.70. The van der Waals surface area contributed by atoms with Gasteiger partial charge in [0.25, 0.3) is 0 Å². The van der Waals surface area contributed by atoms with Crippen LogP contribution in [0, 0.1) is 11.7 Å². The number of morpholine rings is 1. The average molecular weight is 407 g/mol. The molecular weight excluding hydrogens is 371 g/mol. The molecule has 0 bridgehead atoms. The number of hydrogen-bond donors (Lipinski definition) is 2. The van der Waals surface area contributed by atoms with E-state index in [0.717, 1.165) is 76.5 Å². The van der Waals surface area contributed by atoms with Crippen LogP contribution in [0.15, 0.2) is 29.3 Å². The van der Waals surface area contributed by atoms with E-state index in [0.29, 0.717) is 6.54 Å². The van der Waals surface area contributed by atoms with Crippen LogP contribution in [0.3, 0.4) is 0 Å². The molecule has 2 fully saturated rings. The number of benzene rings is 1. The summed E-state index contributed by atoms with van der Waals surface area (Å²) in [5.74, 6) is 1.41. The zero-order valence-electron chi connectivity index (χ0n) is 17.5. The van der Waals surface area contributed by atoms with Gasteiger partial charge in [0.2, 0.25) is 0 Å². The maximum atomic E-state index is 13.4. The van der Waals surface area contributed by atoms with Crippen LogP contribution < -0.4 is 10.6 Å². The van der Waals surface area contributed by atoms with Crippen LogP contribution in [-0.2, 0) is 9.47 Å². The molecule has 1 heterocycles. The van der Waals surface area contributed by atoms with Crippen molar-refractivity contribution in [2.24, 2.45) is 10.9 Å². The Kier molecular flexibility index (Phi) is 9.18. The van der Waals surface area contributed by atoms with Gasteiger partial charge in [-0.05, 0) is 49.8 Å². The fourth-order valence-corrected chi connectivity index (χ4v) is 3.44. The molecule has 1 unspecified atom stereocenters. The van der Waals surface area contributed by atoms with E-state index in [1.165, 1.54) is 25.0 Å². The maximum absolute atomic E-state index is 13.4. The number of rotatable bonds is 11. The predicted octanol–water partition coefficient (Wildman–Crippen LogP) is 2.57. The zero-order chi connectivity index (χ0) is 20.3. The molecule has 1 aromatic carbocycles. The second-order valence-electron chi connectivity index (χ2n) is 7.73. The molecule has 3 rings (SSSR count). The van der Waals surface area contributed by atoms with Gasteiger partial charge in [-0.3, -0.25) is 9.89 Å². The van der Waals surface area contributed by atoms with Gasteiger partial charge in [0, 0.05) is 39.4 Å². The van der Waals surface area contributed by atoms with Gasteiger partial charge >= 0.3 is 0 Å². The van der Waals surface area contributed by atoms with Crippen LogP contribution in [0.1, 0.15) is 37.8 Å². The Morgan fingerprint density at radius 1 is 1.24 bits per heavy atom. The molecule has 1 atom stereocenters. The lowest BCUT2D eigenvalue weighted by Gasteiger charge is -2.34. The van der Waals surface area contributed by atoms with Crippen LogP contribution in [-0.4, -0.2) is 70.0 Å². The number of aliphatic imine (C=N–C) groups is 1. The number of hydrogen-bond acceptors (Lipinski definition) is 4. The monoisotopic (exact) mass is 406 g/mol. The summed E-state index contributed by atoms with van der Waals surface area (Å²) < 4.78 is 24.6. The largest absolute Gasteiger partial charge is 0.381 e. The summed E-state index contributed by atoms with van der Waals surface area (Å²) >= 11 is 0. The number of nitrogens with one attached hydrogen (secondary N) is 2. The summed E-state index contributed by atoms with van der Waals surface area (Å²) in [6.07, 6.45) is 3.61. The van der Waals surface area contributed by atoms with Gasteiger partial charge in [0.15, 0.2) is 5.96 Å². The molecule has 0 aromatic heterocycles. The summed E-state index contributed by atoms with van der Waals surface area (Å²) in [4.78, 5) is 7.19. The van der Waals surface area contributed by atoms with E-state index in [2.05, 4.69) is 22.5 Å². The Morgan fingerprint density at radius 2 is 2.00 bits per heavy atom. The van der Waals surface area contributed by atoms with Crippen LogP contribution in [0.2, 0.25) is 0 Å². The highest BCUT2D eigenvalue weighted by molar-refractivity contribution is 5.79. The normalized spacial score (nSPS) is 19.2.